The molecule has 0 saturated carbocycles. The number of benzene rings is 2. The van der Waals surface area contributed by atoms with Gasteiger partial charge in [-0.2, -0.15) is 0 Å². The van der Waals surface area contributed by atoms with Crippen LogP contribution in [0.25, 0.3) is 0 Å². The highest BCUT2D eigenvalue weighted by molar-refractivity contribution is 6.30. The van der Waals surface area contributed by atoms with Crippen molar-refractivity contribution >= 4 is 23.4 Å². The maximum absolute atomic E-state index is 12.9. The molecule has 2 aromatic carbocycles. The predicted molar refractivity (Wildman–Crippen MR) is 90.4 cm³/mol. The van der Waals surface area contributed by atoms with Crippen LogP contribution in [0.15, 0.2) is 42.5 Å². The molecule has 0 fully saturated rings. The van der Waals surface area contributed by atoms with E-state index in [0.29, 0.717) is 22.8 Å². The molecule has 0 amide bonds. The van der Waals surface area contributed by atoms with Gasteiger partial charge in [0.25, 0.3) is 0 Å². The van der Waals surface area contributed by atoms with Crippen LogP contribution in [0.4, 0.5) is 4.39 Å². The summed E-state index contributed by atoms with van der Waals surface area (Å²) in [6, 6.07) is 10.4. The van der Waals surface area contributed by atoms with Gasteiger partial charge in [0.15, 0.2) is 6.10 Å². The first-order chi connectivity index (χ1) is 11.9. The zero-order valence-corrected chi connectivity index (χ0v) is 14.3. The van der Waals surface area contributed by atoms with Crippen molar-refractivity contribution in [1.82, 2.24) is 0 Å². The van der Waals surface area contributed by atoms with Gasteiger partial charge < -0.3 is 9.47 Å². The zero-order valence-electron chi connectivity index (χ0n) is 13.5. The number of Topliss-reactive ketones (excluding diaryl/α,β-unsaturated/α-hetero) is 1. The van der Waals surface area contributed by atoms with Crippen molar-refractivity contribution < 1.29 is 23.5 Å². The van der Waals surface area contributed by atoms with Gasteiger partial charge in [0, 0.05) is 10.6 Å². The van der Waals surface area contributed by atoms with Crippen LogP contribution in [0, 0.1) is 11.7 Å². The summed E-state index contributed by atoms with van der Waals surface area (Å²) in [5.74, 6) is -1.13. The summed E-state index contributed by atoms with van der Waals surface area (Å²) >= 11 is 5.97. The van der Waals surface area contributed by atoms with E-state index in [4.69, 9.17) is 21.1 Å². The fourth-order valence-corrected chi connectivity index (χ4v) is 2.88. The molecule has 0 aliphatic carbocycles. The van der Waals surface area contributed by atoms with Gasteiger partial charge in [0.05, 0.1) is 5.92 Å². The van der Waals surface area contributed by atoms with Gasteiger partial charge in [-0.25, -0.2) is 4.39 Å². The molecule has 4 nitrogen and oxygen atoms in total. The highest BCUT2D eigenvalue weighted by Gasteiger charge is 2.30. The molecule has 0 N–H and O–H groups in total. The van der Waals surface area contributed by atoms with Crippen LogP contribution >= 0.6 is 11.6 Å². The van der Waals surface area contributed by atoms with Crippen molar-refractivity contribution in [2.24, 2.45) is 5.92 Å². The Balaban J connectivity index is 1.64. The van der Waals surface area contributed by atoms with E-state index in [-0.39, 0.29) is 12.4 Å². The van der Waals surface area contributed by atoms with Crippen LogP contribution in [0.3, 0.4) is 0 Å². The number of halogens is 2. The topological polar surface area (TPSA) is 52.6 Å². The quantitative estimate of drug-likeness (QED) is 0.612. The van der Waals surface area contributed by atoms with Crippen molar-refractivity contribution in [2.45, 2.75) is 19.4 Å². The van der Waals surface area contributed by atoms with Gasteiger partial charge in [0.2, 0.25) is 5.78 Å². The van der Waals surface area contributed by atoms with Gasteiger partial charge in [0.1, 0.15) is 18.2 Å². The van der Waals surface area contributed by atoms with Crippen molar-refractivity contribution in [2.75, 3.05) is 6.61 Å². The van der Waals surface area contributed by atoms with E-state index in [1.54, 1.807) is 18.2 Å². The Bertz CT molecular complexity index is 804. The van der Waals surface area contributed by atoms with Gasteiger partial charge in [-0.05, 0) is 61.4 Å². The second-order valence-corrected chi connectivity index (χ2v) is 6.35. The smallest absolute Gasteiger partial charge is 0.313 e. The van der Waals surface area contributed by atoms with Gasteiger partial charge in [-0.15, -0.1) is 0 Å². The Morgan fingerprint density at radius 3 is 2.68 bits per heavy atom. The summed E-state index contributed by atoms with van der Waals surface area (Å²) in [4.78, 5) is 24.6. The molecular formula is C19H16ClFO4. The largest absolute Gasteiger partial charge is 0.492 e. The van der Waals surface area contributed by atoms with E-state index in [1.165, 1.54) is 31.2 Å². The average Bonchev–Trinajstić information content (AvgIpc) is 2.61. The van der Waals surface area contributed by atoms with Crippen LogP contribution in [0.2, 0.25) is 5.02 Å². The summed E-state index contributed by atoms with van der Waals surface area (Å²) in [5.41, 5.74) is 1.12. The van der Waals surface area contributed by atoms with Crippen LogP contribution in [0.5, 0.6) is 5.75 Å². The maximum atomic E-state index is 12.9. The number of ether oxygens (including phenoxy) is 2. The SMILES string of the molecule is C[C@@H](OC(=O)[C@@H]1COc2ccc(Cl)cc2C1)C(=O)c1ccc(F)cc1. The summed E-state index contributed by atoms with van der Waals surface area (Å²) < 4.78 is 23.8. The van der Waals surface area contributed by atoms with Crippen molar-refractivity contribution in [3.05, 3.63) is 64.4 Å². The van der Waals surface area contributed by atoms with Crippen LogP contribution in [-0.4, -0.2) is 24.5 Å². The van der Waals surface area contributed by atoms with E-state index in [2.05, 4.69) is 0 Å². The number of fused-ring (bicyclic) bond motifs is 1. The summed E-state index contributed by atoms with van der Waals surface area (Å²) in [5, 5.41) is 0.566. The number of hydrogen-bond acceptors (Lipinski definition) is 4. The van der Waals surface area contributed by atoms with E-state index in [9.17, 15) is 14.0 Å². The summed E-state index contributed by atoms with van der Waals surface area (Å²) in [6.07, 6.45) is -0.523. The lowest BCUT2D eigenvalue weighted by molar-refractivity contribution is -0.152. The molecule has 0 radical (unpaired) electrons. The molecule has 0 saturated heterocycles. The van der Waals surface area contributed by atoms with Crippen LogP contribution < -0.4 is 4.74 Å². The maximum Gasteiger partial charge on any atom is 0.313 e. The Labute approximate surface area is 149 Å². The fraction of sp³-hybridized carbons (Fsp3) is 0.263. The molecule has 3 rings (SSSR count). The van der Waals surface area contributed by atoms with Gasteiger partial charge >= 0.3 is 5.97 Å². The zero-order chi connectivity index (χ0) is 18.0. The number of carbonyl (C=O) groups is 2. The lowest BCUT2D eigenvalue weighted by Crippen LogP contribution is -2.34. The van der Waals surface area contributed by atoms with Gasteiger partial charge in [-0.3, -0.25) is 9.59 Å². The molecule has 6 heteroatoms. The normalized spacial score (nSPS) is 17.2. The molecule has 0 spiro atoms. The predicted octanol–water partition coefficient (Wildman–Crippen LogP) is 3.84. The number of ketones is 1. The average molecular weight is 363 g/mol. The van der Waals surface area contributed by atoms with Crippen LogP contribution in [-0.2, 0) is 16.0 Å². The highest BCUT2D eigenvalue weighted by Crippen LogP contribution is 2.30. The minimum atomic E-state index is -0.960. The van der Waals surface area contributed by atoms with E-state index < -0.39 is 23.8 Å². The second kappa shape index (κ2) is 7.23. The molecule has 0 bridgehead atoms. The lowest BCUT2D eigenvalue weighted by atomic mass is 9.97. The van der Waals surface area contributed by atoms with Crippen molar-refractivity contribution in [1.29, 1.82) is 0 Å². The molecule has 1 aliphatic rings. The molecule has 25 heavy (non-hydrogen) atoms. The number of hydrogen-bond donors (Lipinski definition) is 0. The Kier molecular flexibility index (Phi) is 5.04. The van der Waals surface area contributed by atoms with E-state index >= 15 is 0 Å². The first kappa shape index (κ1) is 17.4. The van der Waals surface area contributed by atoms with Gasteiger partial charge in [-0.1, -0.05) is 11.6 Å². The third-order valence-electron chi connectivity index (χ3n) is 4.05. The van der Waals surface area contributed by atoms with E-state index in [1.807, 2.05) is 0 Å². The first-order valence-corrected chi connectivity index (χ1v) is 8.23. The van der Waals surface area contributed by atoms with Crippen molar-refractivity contribution in [3.8, 4) is 5.75 Å². The molecule has 0 aromatic heterocycles. The fourth-order valence-electron chi connectivity index (χ4n) is 2.69. The molecule has 0 unspecified atom stereocenters. The molecule has 130 valence electrons. The van der Waals surface area contributed by atoms with Crippen LogP contribution in [0.1, 0.15) is 22.8 Å². The number of esters is 1. The third kappa shape index (κ3) is 3.99. The van der Waals surface area contributed by atoms with E-state index in [0.717, 1.165) is 5.56 Å². The first-order valence-electron chi connectivity index (χ1n) is 7.85. The van der Waals surface area contributed by atoms with Crippen molar-refractivity contribution in [3.63, 3.8) is 0 Å². The minimum Gasteiger partial charge on any atom is -0.492 e. The minimum absolute atomic E-state index is 0.185. The molecule has 2 aromatic rings. The summed E-state index contributed by atoms with van der Waals surface area (Å²) in [7, 11) is 0. The monoisotopic (exact) mass is 362 g/mol. The third-order valence-corrected chi connectivity index (χ3v) is 4.29. The summed E-state index contributed by atoms with van der Waals surface area (Å²) in [6.45, 7) is 1.68. The Hall–Kier alpha value is -2.40. The molecule has 1 heterocycles. The molecule has 2 atom stereocenters. The molecular weight excluding hydrogens is 347 g/mol. The lowest BCUT2D eigenvalue weighted by Gasteiger charge is -2.25. The second-order valence-electron chi connectivity index (χ2n) is 5.91. The number of rotatable bonds is 4. The Morgan fingerprint density at radius 1 is 1.24 bits per heavy atom. The Morgan fingerprint density at radius 2 is 1.96 bits per heavy atom. The molecule has 1 aliphatic heterocycles. The standard InChI is InChI=1S/C19H16ClFO4/c1-11(18(22)12-2-5-16(21)6-3-12)25-19(23)14-8-13-9-15(20)4-7-17(13)24-10-14/h2-7,9,11,14H,8,10H2,1H3/t11-,14+/m1/s1. The number of carbonyl (C=O) groups excluding carboxylic acids is 2. The highest BCUT2D eigenvalue weighted by atomic mass is 35.5.